The van der Waals surface area contributed by atoms with Gasteiger partial charge < -0.3 is 19.7 Å². The smallest absolute Gasteiger partial charge is 0.169 e. The first-order chi connectivity index (χ1) is 7.05. The molecule has 0 saturated carbocycles. The van der Waals surface area contributed by atoms with Gasteiger partial charge in [0.15, 0.2) is 5.11 Å². The second-order valence-electron chi connectivity index (χ2n) is 4.25. The summed E-state index contributed by atoms with van der Waals surface area (Å²) in [4.78, 5) is 2.15. The van der Waals surface area contributed by atoms with Crippen LogP contribution in [0, 0.1) is 0 Å². The number of nitrogens with zero attached hydrogens (tertiary/aromatic N) is 1. The molecular weight excluding hydrogens is 212 g/mol. The van der Waals surface area contributed by atoms with E-state index in [0.717, 1.165) is 31.4 Å². The van der Waals surface area contributed by atoms with Gasteiger partial charge in [-0.1, -0.05) is 0 Å². The topological polar surface area (TPSA) is 33.7 Å². The Morgan fingerprint density at radius 1 is 1.60 bits per heavy atom. The van der Waals surface area contributed by atoms with Gasteiger partial charge in [-0.3, -0.25) is 0 Å². The van der Waals surface area contributed by atoms with Crippen LogP contribution in [0.25, 0.3) is 0 Å². The minimum Gasteiger partial charge on any atom is -0.383 e. The van der Waals surface area contributed by atoms with Crippen LogP contribution in [0.4, 0.5) is 0 Å². The van der Waals surface area contributed by atoms with Gasteiger partial charge in [0.2, 0.25) is 0 Å². The third-order valence-electron chi connectivity index (χ3n) is 2.30. The molecule has 1 saturated heterocycles. The van der Waals surface area contributed by atoms with Crippen LogP contribution in [-0.2, 0) is 9.47 Å². The van der Waals surface area contributed by atoms with Crippen molar-refractivity contribution in [1.82, 2.24) is 10.2 Å². The van der Waals surface area contributed by atoms with Crippen LogP contribution in [0.5, 0.6) is 0 Å². The minimum absolute atomic E-state index is 0.106. The Morgan fingerprint density at radius 2 is 2.33 bits per heavy atom. The van der Waals surface area contributed by atoms with Crippen LogP contribution in [-0.4, -0.2) is 55.6 Å². The minimum atomic E-state index is -0.106. The standard InChI is InChI=1S/C10H20N2O2S/c1-10(2)8-12(5-7-14-10)9(15)11-4-6-13-3/h4-8H2,1-3H3,(H,11,15). The number of methoxy groups -OCH3 is 1. The lowest BCUT2D eigenvalue weighted by atomic mass is 10.1. The van der Waals surface area contributed by atoms with E-state index in [1.807, 2.05) is 0 Å². The number of hydrogen-bond donors (Lipinski definition) is 1. The number of ether oxygens (including phenoxy) is 2. The molecule has 0 aromatic rings. The summed E-state index contributed by atoms with van der Waals surface area (Å²) < 4.78 is 10.6. The monoisotopic (exact) mass is 232 g/mol. The van der Waals surface area contributed by atoms with E-state index in [2.05, 4.69) is 24.1 Å². The van der Waals surface area contributed by atoms with Crippen molar-refractivity contribution in [3.8, 4) is 0 Å². The van der Waals surface area contributed by atoms with E-state index in [1.54, 1.807) is 7.11 Å². The van der Waals surface area contributed by atoms with E-state index < -0.39 is 0 Å². The summed E-state index contributed by atoms with van der Waals surface area (Å²) in [5.74, 6) is 0. The average molecular weight is 232 g/mol. The zero-order valence-electron chi connectivity index (χ0n) is 9.71. The molecule has 0 aliphatic carbocycles. The van der Waals surface area contributed by atoms with Crippen molar-refractivity contribution < 1.29 is 9.47 Å². The highest BCUT2D eigenvalue weighted by molar-refractivity contribution is 7.80. The van der Waals surface area contributed by atoms with Crippen molar-refractivity contribution in [2.24, 2.45) is 0 Å². The molecule has 0 atom stereocenters. The molecule has 0 aromatic heterocycles. The van der Waals surface area contributed by atoms with Gasteiger partial charge in [0.25, 0.3) is 0 Å². The number of rotatable bonds is 3. The second kappa shape index (κ2) is 5.63. The lowest BCUT2D eigenvalue weighted by Gasteiger charge is -2.39. The number of hydrogen-bond acceptors (Lipinski definition) is 3. The summed E-state index contributed by atoms with van der Waals surface area (Å²) in [6.07, 6.45) is 0. The van der Waals surface area contributed by atoms with Crippen molar-refractivity contribution in [3.05, 3.63) is 0 Å². The molecule has 88 valence electrons. The molecule has 5 heteroatoms. The van der Waals surface area contributed by atoms with E-state index in [4.69, 9.17) is 21.7 Å². The number of morpholine rings is 1. The first kappa shape index (κ1) is 12.7. The van der Waals surface area contributed by atoms with Gasteiger partial charge in [0.05, 0.1) is 18.8 Å². The van der Waals surface area contributed by atoms with Crippen LogP contribution < -0.4 is 5.32 Å². The van der Waals surface area contributed by atoms with Crippen molar-refractivity contribution in [1.29, 1.82) is 0 Å². The van der Waals surface area contributed by atoms with Crippen LogP contribution in [0.2, 0.25) is 0 Å². The van der Waals surface area contributed by atoms with Crippen LogP contribution in [0.15, 0.2) is 0 Å². The highest BCUT2D eigenvalue weighted by Crippen LogP contribution is 2.16. The summed E-state index contributed by atoms with van der Waals surface area (Å²) >= 11 is 5.29. The van der Waals surface area contributed by atoms with Crippen molar-refractivity contribution in [2.45, 2.75) is 19.4 Å². The maximum Gasteiger partial charge on any atom is 0.169 e. The Labute approximate surface area is 96.9 Å². The molecule has 1 rings (SSSR count). The lowest BCUT2D eigenvalue weighted by Crippen LogP contribution is -2.53. The van der Waals surface area contributed by atoms with Gasteiger partial charge >= 0.3 is 0 Å². The maximum absolute atomic E-state index is 5.62. The summed E-state index contributed by atoms with van der Waals surface area (Å²) in [5.41, 5.74) is -0.106. The Bertz CT molecular complexity index is 221. The quantitative estimate of drug-likeness (QED) is 0.570. The van der Waals surface area contributed by atoms with Crippen LogP contribution >= 0.6 is 12.2 Å². The third kappa shape index (κ3) is 4.32. The summed E-state index contributed by atoms with van der Waals surface area (Å²) in [6.45, 7) is 8.03. The molecule has 0 amide bonds. The van der Waals surface area contributed by atoms with Gasteiger partial charge in [0, 0.05) is 26.7 Å². The normalized spacial score (nSPS) is 20.1. The molecule has 1 aliphatic heterocycles. The molecule has 0 radical (unpaired) electrons. The van der Waals surface area contributed by atoms with Gasteiger partial charge in [-0.05, 0) is 26.1 Å². The molecule has 0 unspecified atom stereocenters. The molecule has 4 nitrogen and oxygen atoms in total. The van der Waals surface area contributed by atoms with E-state index >= 15 is 0 Å². The van der Waals surface area contributed by atoms with Crippen molar-refractivity contribution in [2.75, 3.05) is 40.0 Å². The van der Waals surface area contributed by atoms with E-state index in [9.17, 15) is 0 Å². The third-order valence-corrected chi connectivity index (χ3v) is 2.70. The zero-order valence-corrected chi connectivity index (χ0v) is 10.5. The van der Waals surface area contributed by atoms with Crippen LogP contribution in [0.1, 0.15) is 13.8 Å². The highest BCUT2D eigenvalue weighted by Gasteiger charge is 2.28. The number of thiocarbonyl (C=S) groups is 1. The fourth-order valence-electron chi connectivity index (χ4n) is 1.56. The first-order valence-corrected chi connectivity index (χ1v) is 5.62. The summed E-state index contributed by atoms with van der Waals surface area (Å²) in [5, 5.41) is 3.96. The molecule has 1 fully saturated rings. The average Bonchev–Trinajstić information content (AvgIpc) is 2.16. The van der Waals surface area contributed by atoms with Gasteiger partial charge in [-0.2, -0.15) is 0 Å². The molecule has 1 N–H and O–H groups in total. The molecule has 0 aromatic carbocycles. The predicted octanol–water partition coefficient (Wildman–Crippen LogP) is 0.618. The van der Waals surface area contributed by atoms with Crippen LogP contribution in [0.3, 0.4) is 0 Å². The fraction of sp³-hybridized carbons (Fsp3) is 0.900. The van der Waals surface area contributed by atoms with E-state index in [1.165, 1.54) is 0 Å². The highest BCUT2D eigenvalue weighted by atomic mass is 32.1. The fourth-order valence-corrected chi connectivity index (χ4v) is 1.82. The predicted molar refractivity (Wildman–Crippen MR) is 64.1 cm³/mol. The molecule has 0 spiro atoms. The molecule has 15 heavy (non-hydrogen) atoms. The lowest BCUT2D eigenvalue weighted by molar-refractivity contribution is -0.0678. The summed E-state index contributed by atoms with van der Waals surface area (Å²) in [7, 11) is 1.68. The van der Waals surface area contributed by atoms with Crippen molar-refractivity contribution >= 4 is 17.3 Å². The zero-order chi connectivity index (χ0) is 11.3. The Hall–Kier alpha value is -0.390. The van der Waals surface area contributed by atoms with Gasteiger partial charge in [-0.15, -0.1) is 0 Å². The largest absolute Gasteiger partial charge is 0.383 e. The number of nitrogens with one attached hydrogen (secondary N) is 1. The second-order valence-corrected chi connectivity index (χ2v) is 4.64. The Kier molecular flexibility index (Phi) is 4.76. The molecule has 1 heterocycles. The Balaban J connectivity index is 2.32. The van der Waals surface area contributed by atoms with Gasteiger partial charge in [0.1, 0.15) is 0 Å². The maximum atomic E-state index is 5.62. The molecule has 1 aliphatic rings. The first-order valence-electron chi connectivity index (χ1n) is 5.21. The molecular formula is C10H20N2O2S. The Morgan fingerprint density at radius 3 is 2.93 bits per heavy atom. The van der Waals surface area contributed by atoms with Crippen molar-refractivity contribution in [3.63, 3.8) is 0 Å². The molecule has 0 bridgehead atoms. The van der Waals surface area contributed by atoms with E-state index in [0.29, 0.717) is 6.61 Å². The van der Waals surface area contributed by atoms with Gasteiger partial charge in [-0.25, -0.2) is 0 Å². The summed E-state index contributed by atoms with van der Waals surface area (Å²) in [6, 6.07) is 0. The van der Waals surface area contributed by atoms with E-state index in [-0.39, 0.29) is 5.60 Å². The SMILES string of the molecule is COCCNC(=S)N1CCOC(C)(C)C1.